The zero-order valence-electron chi connectivity index (χ0n) is 12.0. The van der Waals surface area contributed by atoms with Gasteiger partial charge in [0.25, 0.3) is 0 Å². The number of carbonyl (C=O) groups is 1. The van der Waals surface area contributed by atoms with Crippen molar-refractivity contribution in [1.82, 2.24) is 10.2 Å². The maximum atomic E-state index is 11.9. The number of nitrogens with zero attached hydrogens (tertiary/aromatic N) is 1. The van der Waals surface area contributed by atoms with E-state index in [2.05, 4.69) is 5.32 Å². The van der Waals surface area contributed by atoms with Gasteiger partial charge in [0.15, 0.2) is 5.66 Å². The van der Waals surface area contributed by atoms with Crippen LogP contribution in [0.25, 0.3) is 0 Å². The first-order valence-electron chi connectivity index (χ1n) is 6.88. The van der Waals surface area contributed by atoms with Crippen LogP contribution in [0.5, 0.6) is 0 Å². The quantitative estimate of drug-likeness (QED) is 0.705. The molecule has 0 heterocycles. The molecule has 19 heavy (non-hydrogen) atoms. The van der Waals surface area contributed by atoms with E-state index in [0.29, 0.717) is 26.1 Å². The Morgan fingerprint density at radius 1 is 1.21 bits per heavy atom. The van der Waals surface area contributed by atoms with Gasteiger partial charge < -0.3 is 5.11 Å². The molecule has 1 atom stereocenters. The van der Waals surface area contributed by atoms with Crippen LogP contribution in [0.2, 0.25) is 0 Å². The first-order chi connectivity index (χ1) is 9.10. The zero-order chi connectivity index (χ0) is 14.3. The molecule has 0 unspecified atom stereocenters. The van der Waals surface area contributed by atoms with Gasteiger partial charge in [-0.2, -0.15) is 0 Å². The highest BCUT2D eigenvalue weighted by Gasteiger charge is 2.42. The van der Waals surface area contributed by atoms with E-state index >= 15 is 0 Å². The van der Waals surface area contributed by atoms with Crippen LogP contribution in [0.1, 0.15) is 26.3 Å². The number of rotatable bonds is 8. The molecule has 0 saturated heterocycles. The van der Waals surface area contributed by atoms with E-state index in [-0.39, 0.29) is 0 Å². The molecule has 2 N–H and O–H groups in total. The summed E-state index contributed by atoms with van der Waals surface area (Å²) in [4.78, 5) is 13.8. The standard InChI is InChI=1S/C15H24N2O2/c1-4-16-15(14(18)19,17(5-2)6-3)12-13-10-8-7-9-11-13/h7-11,16H,4-6,12H2,1-3H3,(H,18,19)/t15-/m0/s1. The monoisotopic (exact) mass is 264 g/mol. The summed E-state index contributed by atoms with van der Waals surface area (Å²) >= 11 is 0. The Bertz CT molecular complexity index is 390. The molecule has 0 spiro atoms. The van der Waals surface area contributed by atoms with Gasteiger partial charge in [-0.05, 0) is 25.2 Å². The Labute approximate surface area is 115 Å². The van der Waals surface area contributed by atoms with Crippen molar-refractivity contribution in [3.8, 4) is 0 Å². The lowest BCUT2D eigenvalue weighted by molar-refractivity contribution is -0.154. The molecule has 0 radical (unpaired) electrons. The van der Waals surface area contributed by atoms with E-state index in [4.69, 9.17) is 0 Å². The molecule has 106 valence electrons. The number of aliphatic carboxylic acids is 1. The van der Waals surface area contributed by atoms with Gasteiger partial charge in [0.05, 0.1) is 0 Å². The Morgan fingerprint density at radius 3 is 2.21 bits per heavy atom. The minimum absolute atomic E-state index is 0.457. The fraction of sp³-hybridized carbons (Fsp3) is 0.533. The van der Waals surface area contributed by atoms with Gasteiger partial charge in [-0.3, -0.25) is 10.2 Å². The average molecular weight is 264 g/mol. The molecule has 1 aromatic carbocycles. The Kier molecular flexibility index (Phi) is 5.99. The lowest BCUT2D eigenvalue weighted by Gasteiger charge is -2.40. The molecule has 0 aliphatic heterocycles. The topological polar surface area (TPSA) is 52.6 Å². The summed E-state index contributed by atoms with van der Waals surface area (Å²) in [5.74, 6) is -0.818. The van der Waals surface area contributed by atoms with E-state index in [9.17, 15) is 9.90 Å². The second kappa shape index (κ2) is 7.26. The Morgan fingerprint density at radius 2 is 1.79 bits per heavy atom. The summed E-state index contributed by atoms with van der Waals surface area (Å²) in [6, 6.07) is 9.76. The van der Waals surface area contributed by atoms with Crippen LogP contribution < -0.4 is 5.32 Å². The van der Waals surface area contributed by atoms with Crippen LogP contribution >= 0.6 is 0 Å². The van der Waals surface area contributed by atoms with Crippen LogP contribution in [0.15, 0.2) is 30.3 Å². The van der Waals surface area contributed by atoms with E-state index in [1.54, 1.807) is 0 Å². The lowest BCUT2D eigenvalue weighted by Crippen LogP contribution is -2.65. The number of benzene rings is 1. The summed E-state index contributed by atoms with van der Waals surface area (Å²) in [6.07, 6.45) is 0.457. The number of hydrogen-bond acceptors (Lipinski definition) is 3. The predicted octanol–water partition coefficient (Wildman–Crippen LogP) is 1.96. The van der Waals surface area contributed by atoms with Crippen molar-refractivity contribution in [2.45, 2.75) is 32.9 Å². The highest BCUT2D eigenvalue weighted by molar-refractivity contribution is 5.78. The maximum Gasteiger partial charge on any atom is 0.339 e. The number of likely N-dealkylation sites (N-methyl/N-ethyl adjacent to an activating group) is 2. The minimum Gasteiger partial charge on any atom is -0.479 e. The van der Waals surface area contributed by atoms with Gasteiger partial charge in [0.2, 0.25) is 0 Å². The van der Waals surface area contributed by atoms with Crippen molar-refractivity contribution in [3.05, 3.63) is 35.9 Å². The third-order valence-corrected chi connectivity index (χ3v) is 3.43. The predicted molar refractivity (Wildman–Crippen MR) is 77.1 cm³/mol. The van der Waals surface area contributed by atoms with Crippen molar-refractivity contribution in [1.29, 1.82) is 0 Å². The fourth-order valence-electron chi connectivity index (χ4n) is 2.52. The third-order valence-electron chi connectivity index (χ3n) is 3.43. The van der Waals surface area contributed by atoms with E-state index < -0.39 is 11.6 Å². The third kappa shape index (κ3) is 3.55. The summed E-state index contributed by atoms with van der Waals surface area (Å²) in [5, 5.41) is 12.9. The van der Waals surface area contributed by atoms with Crippen LogP contribution in [-0.4, -0.2) is 41.3 Å². The van der Waals surface area contributed by atoms with Gasteiger partial charge in [-0.1, -0.05) is 51.1 Å². The molecule has 0 aromatic heterocycles. The average Bonchev–Trinajstić information content (AvgIpc) is 2.41. The summed E-state index contributed by atoms with van der Waals surface area (Å²) < 4.78 is 0. The second-order valence-corrected chi connectivity index (χ2v) is 4.53. The molecular formula is C15H24N2O2. The van der Waals surface area contributed by atoms with E-state index in [1.807, 2.05) is 56.0 Å². The number of nitrogens with one attached hydrogen (secondary N) is 1. The van der Waals surface area contributed by atoms with Gasteiger partial charge in [0, 0.05) is 6.42 Å². The van der Waals surface area contributed by atoms with Crippen LogP contribution in [0.3, 0.4) is 0 Å². The molecule has 4 nitrogen and oxygen atoms in total. The zero-order valence-corrected chi connectivity index (χ0v) is 12.0. The molecular weight excluding hydrogens is 240 g/mol. The van der Waals surface area contributed by atoms with Gasteiger partial charge in [-0.15, -0.1) is 0 Å². The van der Waals surface area contributed by atoms with Crippen molar-refractivity contribution >= 4 is 5.97 Å². The van der Waals surface area contributed by atoms with Gasteiger partial charge in [-0.25, -0.2) is 4.79 Å². The number of carboxylic acid groups (broad SMARTS) is 1. The maximum absolute atomic E-state index is 11.9. The second-order valence-electron chi connectivity index (χ2n) is 4.53. The molecule has 0 aliphatic carbocycles. The Balaban J connectivity index is 3.12. The van der Waals surface area contributed by atoms with Crippen LogP contribution in [0, 0.1) is 0 Å². The Hall–Kier alpha value is -1.39. The lowest BCUT2D eigenvalue weighted by atomic mass is 9.97. The molecule has 0 saturated carbocycles. The normalized spacial score (nSPS) is 14.3. The largest absolute Gasteiger partial charge is 0.479 e. The summed E-state index contributed by atoms with van der Waals surface area (Å²) in [7, 11) is 0. The highest BCUT2D eigenvalue weighted by Crippen LogP contribution is 2.19. The van der Waals surface area contributed by atoms with Crippen molar-refractivity contribution in [2.24, 2.45) is 0 Å². The molecule has 1 rings (SSSR count). The fourth-order valence-corrected chi connectivity index (χ4v) is 2.52. The first kappa shape index (κ1) is 15.7. The van der Waals surface area contributed by atoms with Gasteiger partial charge >= 0.3 is 5.97 Å². The molecule has 0 aliphatic rings. The SMILES string of the molecule is CCN[C@](Cc1ccccc1)(C(=O)O)N(CC)CC. The molecule has 0 bridgehead atoms. The first-order valence-corrected chi connectivity index (χ1v) is 6.88. The van der Waals surface area contributed by atoms with Gasteiger partial charge in [0.1, 0.15) is 0 Å². The smallest absolute Gasteiger partial charge is 0.339 e. The summed E-state index contributed by atoms with van der Waals surface area (Å²) in [6.45, 7) is 7.93. The van der Waals surface area contributed by atoms with E-state index in [0.717, 1.165) is 5.56 Å². The van der Waals surface area contributed by atoms with Crippen molar-refractivity contribution in [3.63, 3.8) is 0 Å². The highest BCUT2D eigenvalue weighted by atomic mass is 16.4. The van der Waals surface area contributed by atoms with Crippen molar-refractivity contribution in [2.75, 3.05) is 19.6 Å². The van der Waals surface area contributed by atoms with Crippen LogP contribution in [-0.2, 0) is 11.2 Å². The minimum atomic E-state index is -1.03. The number of hydrogen-bond donors (Lipinski definition) is 2. The number of carboxylic acids is 1. The van der Waals surface area contributed by atoms with Crippen LogP contribution in [0.4, 0.5) is 0 Å². The summed E-state index contributed by atoms with van der Waals surface area (Å²) in [5.41, 5.74) is -0.00248. The molecule has 4 heteroatoms. The molecule has 0 amide bonds. The van der Waals surface area contributed by atoms with Crippen molar-refractivity contribution < 1.29 is 9.90 Å². The molecule has 0 fully saturated rings. The van der Waals surface area contributed by atoms with E-state index in [1.165, 1.54) is 0 Å². The molecule has 1 aromatic rings.